The highest BCUT2D eigenvalue weighted by Crippen LogP contribution is 2.22. The quantitative estimate of drug-likeness (QED) is 0.416. The number of rotatable bonds is 6. The van der Waals surface area contributed by atoms with Crippen molar-refractivity contribution in [1.29, 1.82) is 0 Å². The first-order chi connectivity index (χ1) is 12.9. The van der Waals surface area contributed by atoms with Crippen LogP contribution in [-0.4, -0.2) is 55.0 Å². The van der Waals surface area contributed by atoms with Crippen molar-refractivity contribution >= 4 is 27.5 Å². The Kier molecular flexibility index (Phi) is 6.15. The van der Waals surface area contributed by atoms with Crippen molar-refractivity contribution in [3.8, 4) is 0 Å². The normalized spacial score (nSPS) is 16.3. The van der Waals surface area contributed by atoms with Gasteiger partial charge in [0.1, 0.15) is 0 Å². The second-order valence-electron chi connectivity index (χ2n) is 6.28. The largest absolute Gasteiger partial charge is 0.296 e. The molecule has 1 fully saturated rings. The van der Waals surface area contributed by atoms with Crippen molar-refractivity contribution in [1.82, 2.24) is 9.21 Å². The first-order valence-corrected chi connectivity index (χ1v) is 11.2. The highest BCUT2D eigenvalue weighted by molar-refractivity contribution is 7.98. The van der Waals surface area contributed by atoms with Crippen LogP contribution in [0.1, 0.15) is 5.56 Å². The van der Waals surface area contributed by atoms with Gasteiger partial charge >= 0.3 is 0 Å². The molecular weight excluding hydrogens is 386 g/mol. The first-order valence-electron chi connectivity index (χ1n) is 8.50. The Bertz CT molecular complexity index is 891. The number of non-ortho nitro benzene ring substituents is 1. The second-order valence-corrected chi connectivity index (χ2v) is 9.10. The van der Waals surface area contributed by atoms with Gasteiger partial charge in [-0.3, -0.25) is 15.0 Å². The molecule has 0 unspecified atom stereocenters. The van der Waals surface area contributed by atoms with E-state index in [-0.39, 0.29) is 10.6 Å². The van der Waals surface area contributed by atoms with Crippen LogP contribution < -0.4 is 0 Å². The second kappa shape index (κ2) is 8.39. The van der Waals surface area contributed by atoms with Crippen LogP contribution in [0.2, 0.25) is 0 Å². The summed E-state index contributed by atoms with van der Waals surface area (Å²) in [6, 6.07) is 13.4. The number of thioether (sulfide) groups is 1. The minimum absolute atomic E-state index is 0.0919. The van der Waals surface area contributed by atoms with Crippen molar-refractivity contribution in [2.24, 2.45) is 0 Å². The van der Waals surface area contributed by atoms with E-state index in [4.69, 9.17) is 0 Å². The molecule has 0 radical (unpaired) electrons. The molecule has 0 spiro atoms. The third-order valence-corrected chi connectivity index (χ3v) is 7.24. The lowest BCUT2D eigenvalue weighted by molar-refractivity contribution is -0.384. The number of sulfonamides is 1. The summed E-state index contributed by atoms with van der Waals surface area (Å²) < 4.78 is 26.9. The summed E-state index contributed by atoms with van der Waals surface area (Å²) in [5, 5.41) is 10.7. The molecule has 144 valence electrons. The van der Waals surface area contributed by atoms with Crippen molar-refractivity contribution in [3.05, 3.63) is 64.2 Å². The minimum atomic E-state index is -3.63. The van der Waals surface area contributed by atoms with Crippen LogP contribution in [0.3, 0.4) is 0 Å². The summed E-state index contributed by atoms with van der Waals surface area (Å²) in [6.07, 6.45) is 2.04. The number of benzene rings is 2. The van der Waals surface area contributed by atoms with Crippen LogP contribution in [0, 0.1) is 10.1 Å². The fourth-order valence-corrected chi connectivity index (χ4v) is 4.84. The van der Waals surface area contributed by atoms with Crippen LogP contribution in [0.15, 0.2) is 58.3 Å². The van der Waals surface area contributed by atoms with E-state index in [2.05, 4.69) is 29.2 Å². The molecule has 7 nitrogen and oxygen atoms in total. The summed E-state index contributed by atoms with van der Waals surface area (Å²) in [5.74, 6) is 0. The number of nitro benzene ring substituents is 1. The van der Waals surface area contributed by atoms with Gasteiger partial charge in [0.25, 0.3) is 5.69 Å². The van der Waals surface area contributed by atoms with Crippen molar-refractivity contribution in [2.75, 3.05) is 32.4 Å². The van der Waals surface area contributed by atoms with Gasteiger partial charge in [-0.25, -0.2) is 8.42 Å². The number of hydrogen-bond donors (Lipinski definition) is 0. The van der Waals surface area contributed by atoms with Gasteiger partial charge < -0.3 is 0 Å². The van der Waals surface area contributed by atoms with Gasteiger partial charge in [-0.2, -0.15) is 4.31 Å². The average molecular weight is 408 g/mol. The molecule has 3 rings (SSSR count). The summed E-state index contributed by atoms with van der Waals surface area (Å²) in [4.78, 5) is 13.7. The van der Waals surface area contributed by atoms with E-state index in [0.29, 0.717) is 26.2 Å². The SMILES string of the molecule is CSc1ccc(CN2CCN(S(=O)(=O)c3ccc([N+](=O)[O-])cc3)CC2)cc1. The van der Waals surface area contributed by atoms with E-state index >= 15 is 0 Å². The zero-order valence-electron chi connectivity index (χ0n) is 14.9. The molecule has 0 bridgehead atoms. The molecule has 0 atom stereocenters. The van der Waals surface area contributed by atoms with Gasteiger partial charge in [0, 0.05) is 49.8 Å². The minimum Gasteiger partial charge on any atom is -0.296 e. The molecule has 0 amide bonds. The number of piperazine rings is 1. The van der Waals surface area contributed by atoms with Crippen molar-refractivity contribution < 1.29 is 13.3 Å². The summed E-state index contributed by atoms with van der Waals surface area (Å²) in [5.41, 5.74) is 1.09. The van der Waals surface area contributed by atoms with Crippen LogP contribution >= 0.6 is 11.8 Å². The summed E-state index contributed by atoms with van der Waals surface area (Å²) in [6.45, 7) is 2.90. The smallest absolute Gasteiger partial charge is 0.269 e. The van der Waals surface area contributed by atoms with E-state index in [1.54, 1.807) is 11.8 Å². The Labute approximate surface area is 163 Å². The maximum Gasteiger partial charge on any atom is 0.269 e. The van der Waals surface area contributed by atoms with Crippen molar-refractivity contribution in [3.63, 3.8) is 0 Å². The molecule has 0 N–H and O–H groups in total. The topological polar surface area (TPSA) is 83.8 Å². The third kappa shape index (κ3) is 4.67. The number of nitrogens with zero attached hydrogens (tertiary/aromatic N) is 3. The van der Waals surface area contributed by atoms with Crippen LogP contribution in [0.5, 0.6) is 0 Å². The molecule has 2 aromatic rings. The maximum atomic E-state index is 12.7. The fourth-order valence-electron chi connectivity index (χ4n) is 3.01. The molecule has 1 heterocycles. The van der Waals surface area contributed by atoms with Crippen LogP contribution in [-0.2, 0) is 16.6 Å². The van der Waals surface area contributed by atoms with Gasteiger partial charge in [0.2, 0.25) is 10.0 Å². The zero-order chi connectivity index (χ0) is 19.4. The fraction of sp³-hybridized carbons (Fsp3) is 0.333. The maximum absolute atomic E-state index is 12.7. The molecule has 1 aliphatic rings. The van der Waals surface area contributed by atoms with Gasteiger partial charge in [-0.05, 0) is 36.1 Å². The van der Waals surface area contributed by atoms with Gasteiger partial charge in [0.05, 0.1) is 9.82 Å². The van der Waals surface area contributed by atoms with Crippen LogP contribution in [0.25, 0.3) is 0 Å². The Hall–Kier alpha value is -1.94. The Morgan fingerprint density at radius 2 is 1.59 bits per heavy atom. The standard InChI is InChI=1S/C18H21N3O4S2/c1-26-17-6-2-15(3-7-17)14-19-10-12-20(13-11-19)27(24,25)18-8-4-16(5-9-18)21(22)23/h2-9H,10-14H2,1H3. The predicted molar refractivity (Wildman–Crippen MR) is 105 cm³/mol. The van der Waals surface area contributed by atoms with E-state index < -0.39 is 14.9 Å². The molecule has 1 saturated heterocycles. The van der Waals surface area contributed by atoms with E-state index in [1.807, 2.05) is 6.26 Å². The highest BCUT2D eigenvalue weighted by Gasteiger charge is 2.28. The van der Waals surface area contributed by atoms with E-state index in [1.165, 1.54) is 39.0 Å². The number of hydrogen-bond acceptors (Lipinski definition) is 6. The zero-order valence-corrected chi connectivity index (χ0v) is 16.6. The molecule has 0 saturated carbocycles. The highest BCUT2D eigenvalue weighted by atomic mass is 32.2. The Morgan fingerprint density at radius 3 is 2.11 bits per heavy atom. The van der Waals surface area contributed by atoms with Crippen LogP contribution in [0.4, 0.5) is 5.69 Å². The lowest BCUT2D eigenvalue weighted by atomic mass is 10.2. The molecule has 0 aliphatic carbocycles. The monoisotopic (exact) mass is 407 g/mol. The molecule has 27 heavy (non-hydrogen) atoms. The summed E-state index contributed by atoms with van der Waals surface area (Å²) >= 11 is 1.70. The molecule has 9 heteroatoms. The predicted octanol–water partition coefficient (Wildman–Crippen LogP) is 2.82. The molecule has 1 aliphatic heterocycles. The molecule has 0 aromatic heterocycles. The van der Waals surface area contributed by atoms with Crippen molar-refractivity contribution in [2.45, 2.75) is 16.3 Å². The van der Waals surface area contributed by atoms with E-state index in [0.717, 1.165) is 6.54 Å². The Balaban J connectivity index is 1.61. The lowest BCUT2D eigenvalue weighted by Crippen LogP contribution is -2.48. The third-order valence-electron chi connectivity index (χ3n) is 4.58. The average Bonchev–Trinajstić information content (AvgIpc) is 2.69. The molecular formula is C18H21N3O4S2. The van der Waals surface area contributed by atoms with Gasteiger partial charge in [-0.1, -0.05) is 12.1 Å². The first kappa shape index (κ1) is 19.8. The van der Waals surface area contributed by atoms with Gasteiger partial charge in [-0.15, -0.1) is 11.8 Å². The number of nitro groups is 1. The van der Waals surface area contributed by atoms with Gasteiger partial charge in [0.15, 0.2) is 0 Å². The summed E-state index contributed by atoms with van der Waals surface area (Å²) in [7, 11) is -3.63. The Morgan fingerprint density at radius 1 is 1.00 bits per heavy atom. The van der Waals surface area contributed by atoms with E-state index in [9.17, 15) is 18.5 Å². The molecule has 2 aromatic carbocycles. The lowest BCUT2D eigenvalue weighted by Gasteiger charge is -2.34.